The minimum absolute atomic E-state index is 0.0494. The van der Waals surface area contributed by atoms with E-state index in [4.69, 9.17) is 5.73 Å². The molecule has 0 atom stereocenters. The van der Waals surface area contributed by atoms with Crippen LogP contribution in [0.2, 0.25) is 0 Å². The lowest BCUT2D eigenvalue weighted by molar-refractivity contribution is -0.137. The van der Waals surface area contributed by atoms with Crippen LogP contribution in [0.15, 0.2) is 48.8 Å². The quantitative estimate of drug-likeness (QED) is 0.785. The second-order valence-corrected chi connectivity index (χ2v) is 4.66. The molecule has 2 aromatic carbocycles. The number of hydrogen-bond donors (Lipinski definition) is 1. The molecule has 0 unspecified atom stereocenters. The maximum absolute atomic E-state index is 13.3. The summed E-state index contributed by atoms with van der Waals surface area (Å²) in [5, 5.41) is 0. The van der Waals surface area contributed by atoms with Gasteiger partial charge in [0.25, 0.3) is 0 Å². The van der Waals surface area contributed by atoms with Crippen LogP contribution in [0.1, 0.15) is 11.1 Å². The van der Waals surface area contributed by atoms with Crippen LogP contribution in [0.5, 0.6) is 0 Å². The average Bonchev–Trinajstić information content (AvgIpc) is 2.89. The summed E-state index contributed by atoms with van der Waals surface area (Å²) in [5.74, 6) is 0. The molecule has 3 aromatic rings. The van der Waals surface area contributed by atoms with Crippen molar-refractivity contribution >= 4 is 11.0 Å². The number of nitrogens with two attached hydrogens (primary N) is 1. The van der Waals surface area contributed by atoms with E-state index in [9.17, 15) is 13.2 Å². The Morgan fingerprint density at radius 2 is 1.86 bits per heavy atom. The third kappa shape index (κ3) is 2.38. The first kappa shape index (κ1) is 13.6. The Kier molecular flexibility index (Phi) is 3.17. The summed E-state index contributed by atoms with van der Waals surface area (Å²) < 4.78 is 41.3. The van der Waals surface area contributed by atoms with E-state index in [-0.39, 0.29) is 12.2 Å². The van der Waals surface area contributed by atoms with Gasteiger partial charge in [-0.2, -0.15) is 13.2 Å². The van der Waals surface area contributed by atoms with E-state index in [0.717, 1.165) is 6.07 Å². The van der Waals surface area contributed by atoms with Gasteiger partial charge in [-0.05, 0) is 29.8 Å². The molecule has 6 heteroatoms. The van der Waals surface area contributed by atoms with Gasteiger partial charge in [-0.1, -0.05) is 18.2 Å². The lowest BCUT2D eigenvalue weighted by Crippen LogP contribution is -2.12. The van der Waals surface area contributed by atoms with Gasteiger partial charge in [0.2, 0.25) is 0 Å². The van der Waals surface area contributed by atoms with E-state index >= 15 is 0 Å². The highest BCUT2D eigenvalue weighted by molar-refractivity contribution is 5.77. The third-order valence-electron chi connectivity index (χ3n) is 3.32. The van der Waals surface area contributed by atoms with Crippen LogP contribution in [-0.2, 0) is 12.7 Å². The van der Waals surface area contributed by atoms with E-state index in [1.165, 1.54) is 17.0 Å². The summed E-state index contributed by atoms with van der Waals surface area (Å²) in [4.78, 5) is 4.13. The van der Waals surface area contributed by atoms with Crippen LogP contribution in [0.3, 0.4) is 0 Å². The number of alkyl halides is 3. The molecule has 108 valence electrons. The van der Waals surface area contributed by atoms with E-state index in [1.807, 2.05) is 0 Å². The maximum Gasteiger partial charge on any atom is 0.418 e. The first-order chi connectivity index (χ1) is 10.0. The van der Waals surface area contributed by atoms with Crippen molar-refractivity contribution in [1.82, 2.24) is 9.55 Å². The Balaban J connectivity index is 2.27. The largest absolute Gasteiger partial charge is 0.418 e. The molecule has 21 heavy (non-hydrogen) atoms. The standard InChI is InChI=1S/C15H12F3N3/c16-15(17,18)11-7-10(8-19)5-6-13(11)21-9-20-12-3-1-2-4-14(12)21/h1-7,9H,8,19H2. The van der Waals surface area contributed by atoms with Crippen LogP contribution >= 0.6 is 0 Å². The van der Waals surface area contributed by atoms with Crippen molar-refractivity contribution in [3.63, 3.8) is 0 Å². The molecule has 3 nitrogen and oxygen atoms in total. The third-order valence-corrected chi connectivity index (χ3v) is 3.32. The Labute approximate surface area is 118 Å². The van der Waals surface area contributed by atoms with Gasteiger partial charge in [0, 0.05) is 6.54 Å². The molecule has 2 N–H and O–H groups in total. The van der Waals surface area contributed by atoms with Gasteiger partial charge in [0.1, 0.15) is 6.33 Å². The molecular formula is C15H12F3N3. The number of para-hydroxylation sites is 2. The van der Waals surface area contributed by atoms with Crippen LogP contribution in [0.25, 0.3) is 16.7 Å². The lowest BCUT2D eigenvalue weighted by atomic mass is 10.1. The van der Waals surface area contributed by atoms with Gasteiger partial charge in [0.15, 0.2) is 0 Å². The number of hydrogen-bond acceptors (Lipinski definition) is 2. The molecule has 0 saturated heterocycles. The fourth-order valence-corrected chi connectivity index (χ4v) is 2.30. The number of fused-ring (bicyclic) bond motifs is 1. The zero-order valence-electron chi connectivity index (χ0n) is 10.9. The Bertz CT molecular complexity index is 790. The fraction of sp³-hybridized carbons (Fsp3) is 0.133. The lowest BCUT2D eigenvalue weighted by Gasteiger charge is -2.15. The minimum atomic E-state index is -4.45. The van der Waals surface area contributed by atoms with Crippen LogP contribution in [0.4, 0.5) is 13.2 Å². The first-order valence-electron chi connectivity index (χ1n) is 6.33. The molecule has 0 spiro atoms. The van der Waals surface area contributed by atoms with Crippen LogP contribution < -0.4 is 5.73 Å². The smallest absolute Gasteiger partial charge is 0.326 e. The number of rotatable bonds is 2. The summed E-state index contributed by atoms with van der Waals surface area (Å²) in [5.41, 5.74) is 6.49. The normalized spacial score (nSPS) is 12.0. The Morgan fingerprint density at radius 3 is 2.57 bits per heavy atom. The molecule has 1 heterocycles. The zero-order chi connectivity index (χ0) is 15.0. The summed E-state index contributed by atoms with van der Waals surface area (Å²) in [6.45, 7) is 0.0635. The molecule has 0 aliphatic heterocycles. The van der Waals surface area contributed by atoms with Gasteiger partial charge in [0.05, 0.1) is 22.3 Å². The molecule has 0 aliphatic rings. The summed E-state index contributed by atoms with van der Waals surface area (Å²) in [6.07, 6.45) is -3.05. The highest BCUT2D eigenvalue weighted by Gasteiger charge is 2.34. The minimum Gasteiger partial charge on any atom is -0.326 e. The van der Waals surface area contributed by atoms with Crippen molar-refractivity contribution in [2.75, 3.05) is 0 Å². The molecule has 1 aromatic heterocycles. The average molecular weight is 291 g/mol. The van der Waals surface area contributed by atoms with Crippen molar-refractivity contribution in [2.24, 2.45) is 5.73 Å². The predicted octanol–water partition coefficient (Wildman–Crippen LogP) is 3.50. The van der Waals surface area contributed by atoms with Crippen molar-refractivity contribution in [1.29, 1.82) is 0 Å². The van der Waals surface area contributed by atoms with Crippen molar-refractivity contribution in [3.8, 4) is 5.69 Å². The molecule has 0 saturated carbocycles. The molecule has 3 rings (SSSR count). The van der Waals surface area contributed by atoms with Crippen molar-refractivity contribution in [2.45, 2.75) is 12.7 Å². The first-order valence-corrected chi connectivity index (χ1v) is 6.33. The van der Waals surface area contributed by atoms with Crippen LogP contribution in [-0.4, -0.2) is 9.55 Å². The summed E-state index contributed by atoms with van der Waals surface area (Å²) in [6, 6.07) is 11.2. The second kappa shape index (κ2) is 4.89. The predicted molar refractivity (Wildman–Crippen MR) is 74.0 cm³/mol. The molecule has 0 bridgehead atoms. The number of halogens is 3. The number of benzene rings is 2. The molecule has 0 amide bonds. The highest BCUT2D eigenvalue weighted by Crippen LogP contribution is 2.35. The monoisotopic (exact) mass is 291 g/mol. The zero-order valence-corrected chi connectivity index (χ0v) is 10.9. The SMILES string of the molecule is NCc1ccc(-n2cnc3ccccc32)c(C(F)(F)F)c1. The van der Waals surface area contributed by atoms with Crippen molar-refractivity contribution < 1.29 is 13.2 Å². The van der Waals surface area contributed by atoms with E-state index in [2.05, 4.69) is 4.98 Å². The van der Waals surface area contributed by atoms with Gasteiger partial charge in [-0.25, -0.2) is 4.98 Å². The molecule has 0 fully saturated rings. The Hall–Kier alpha value is -2.34. The van der Waals surface area contributed by atoms with E-state index in [1.54, 1.807) is 30.3 Å². The van der Waals surface area contributed by atoms with Crippen LogP contribution in [0, 0.1) is 0 Å². The second-order valence-electron chi connectivity index (χ2n) is 4.66. The van der Waals surface area contributed by atoms with E-state index < -0.39 is 11.7 Å². The van der Waals surface area contributed by atoms with Gasteiger partial charge >= 0.3 is 6.18 Å². The van der Waals surface area contributed by atoms with E-state index in [0.29, 0.717) is 16.6 Å². The molecular weight excluding hydrogens is 279 g/mol. The molecule has 0 aliphatic carbocycles. The van der Waals surface area contributed by atoms with Gasteiger partial charge in [-0.3, -0.25) is 4.57 Å². The summed E-state index contributed by atoms with van der Waals surface area (Å²) >= 11 is 0. The topological polar surface area (TPSA) is 43.8 Å². The van der Waals surface area contributed by atoms with Crippen molar-refractivity contribution in [3.05, 3.63) is 59.9 Å². The number of aromatic nitrogens is 2. The fourth-order valence-electron chi connectivity index (χ4n) is 2.30. The maximum atomic E-state index is 13.3. The van der Waals surface area contributed by atoms with Gasteiger partial charge < -0.3 is 5.73 Å². The molecule has 0 radical (unpaired) electrons. The number of nitrogens with zero attached hydrogens (tertiary/aromatic N) is 2. The van der Waals surface area contributed by atoms with Gasteiger partial charge in [-0.15, -0.1) is 0 Å². The highest BCUT2D eigenvalue weighted by atomic mass is 19.4. The summed E-state index contributed by atoms with van der Waals surface area (Å²) in [7, 11) is 0. The Morgan fingerprint density at radius 1 is 1.10 bits per heavy atom. The number of imidazole rings is 1.